The fourth-order valence-electron chi connectivity index (χ4n) is 2.89. The normalized spacial score (nSPS) is 11.4. The average Bonchev–Trinajstić information content (AvgIpc) is 2.67. The van der Waals surface area contributed by atoms with Crippen LogP contribution < -0.4 is 10.6 Å². The van der Waals surface area contributed by atoms with Crippen LogP contribution in [-0.4, -0.2) is 6.03 Å². The maximum absolute atomic E-state index is 12.3. The van der Waals surface area contributed by atoms with Gasteiger partial charge in [-0.1, -0.05) is 59.1 Å². The monoisotopic (exact) mass is 443 g/mol. The van der Waals surface area contributed by atoms with Gasteiger partial charge in [0.1, 0.15) is 0 Å². The van der Waals surface area contributed by atoms with Crippen molar-refractivity contribution in [3.63, 3.8) is 0 Å². The standard InChI is InChI=1S/C22H16Cl3N3O/c1-13-9-18(19(12-26)14-5-7-15(23)8-6-14)20(25)11-21(13)28-22(29)27-17-4-2-3-16(24)10-17/h2-11,19H,1H3,(H2,27,28,29)/t19-/m0/s1. The third-order valence-corrected chi connectivity index (χ3v) is 5.13. The summed E-state index contributed by atoms with van der Waals surface area (Å²) in [6, 6.07) is 19.2. The Kier molecular flexibility index (Phi) is 6.66. The van der Waals surface area contributed by atoms with Crippen molar-refractivity contribution < 1.29 is 4.79 Å². The van der Waals surface area contributed by atoms with Crippen LogP contribution in [0.15, 0.2) is 60.7 Å². The van der Waals surface area contributed by atoms with Crippen LogP contribution in [0.1, 0.15) is 22.6 Å². The predicted octanol–water partition coefficient (Wildman–Crippen LogP) is 7.25. The lowest BCUT2D eigenvalue weighted by Gasteiger charge is -2.16. The highest BCUT2D eigenvalue weighted by Crippen LogP contribution is 2.34. The minimum atomic E-state index is -0.548. The molecule has 2 amide bonds. The van der Waals surface area contributed by atoms with Crippen molar-refractivity contribution in [3.05, 3.63) is 92.4 Å². The summed E-state index contributed by atoms with van der Waals surface area (Å²) in [5.74, 6) is -0.548. The second-order valence-electron chi connectivity index (χ2n) is 6.39. The van der Waals surface area contributed by atoms with Crippen molar-refractivity contribution in [3.8, 4) is 6.07 Å². The molecular formula is C22H16Cl3N3O. The van der Waals surface area contributed by atoms with E-state index in [-0.39, 0.29) is 0 Å². The number of hydrogen-bond acceptors (Lipinski definition) is 2. The van der Waals surface area contributed by atoms with E-state index in [1.807, 2.05) is 6.92 Å². The van der Waals surface area contributed by atoms with Gasteiger partial charge in [0.05, 0.1) is 12.0 Å². The summed E-state index contributed by atoms with van der Waals surface area (Å²) >= 11 is 18.3. The van der Waals surface area contributed by atoms with Crippen LogP contribution in [0.4, 0.5) is 16.2 Å². The molecule has 0 unspecified atom stereocenters. The molecule has 29 heavy (non-hydrogen) atoms. The molecule has 0 saturated carbocycles. The Balaban J connectivity index is 1.82. The van der Waals surface area contributed by atoms with Crippen LogP contribution in [0.25, 0.3) is 0 Å². The molecule has 7 heteroatoms. The Labute approximate surface area is 184 Å². The zero-order chi connectivity index (χ0) is 21.0. The van der Waals surface area contributed by atoms with Crippen molar-refractivity contribution in [2.45, 2.75) is 12.8 Å². The maximum Gasteiger partial charge on any atom is 0.323 e. The van der Waals surface area contributed by atoms with Gasteiger partial charge in [0.2, 0.25) is 0 Å². The molecule has 3 rings (SSSR count). The Morgan fingerprint density at radius 1 is 0.966 bits per heavy atom. The van der Waals surface area contributed by atoms with E-state index in [1.54, 1.807) is 60.7 Å². The van der Waals surface area contributed by atoms with Gasteiger partial charge in [0, 0.05) is 26.4 Å². The quantitative estimate of drug-likeness (QED) is 0.445. The number of carbonyl (C=O) groups excluding carboxylic acids is 1. The zero-order valence-corrected chi connectivity index (χ0v) is 17.6. The lowest BCUT2D eigenvalue weighted by Crippen LogP contribution is -2.20. The topological polar surface area (TPSA) is 64.9 Å². The first kappa shape index (κ1) is 21.0. The molecule has 0 fully saturated rings. The van der Waals surface area contributed by atoms with E-state index < -0.39 is 11.9 Å². The van der Waals surface area contributed by atoms with Crippen molar-refractivity contribution >= 4 is 52.2 Å². The summed E-state index contributed by atoms with van der Waals surface area (Å²) in [6.45, 7) is 1.84. The fourth-order valence-corrected chi connectivity index (χ4v) is 3.48. The number of urea groups is 1. The molecule has 0 aliphatic rings. The summed E-state index contributed by atoms with van der Waals surface area (Å²) in [4.78, 5) is 12.3. The summed E-state index contributed by atoms with van der Waals surface area (Å²) < 4.78 is 0. The van der Waals surface area contributed by atoms with Crippen LogP contribution in [0, 0.1) is 18.3 Å². The summed E-state index contributed by atoms with van der Waals surface area (Å²) in [6.07, 6.45) is 0. The van der Waals surface area contributed by atoms with E-state index in [1.165, 1.54) is 0 Å². The number of benzene rings is 3. The molecule has 0 bridgehead atoms. The first-order valence-electron chi connectivity index (χ1n) is 8.66. The van der Waals surface area contributed by atoms with Gasteiger partial charge in [-0.05, 0) is 60.0 Å². The molecule has 2 N–H and O–H groups in total. The highest BCUT2D eigenvalue weighted by molar-refractivity contribution is 6.32. The van der Waals surface area contributed by atoms with Crippen molar-refractivity contribution in [1.29, 1.82) is 5.26 Å². The van der Waals surface area contributed by atoms with Gasteiger partial charge in [-0.15, -0.1) is 0 Å². The number of aryl methyl sites for hydroxylation is 1. The van der Waals surface area contributed by atoms with Crippen molar-refractivity contribution in [2.24, 2.45) is 0 Å². The predicted molar refractivity (Wildman–Crippen MR) is 119 cm³/mol. The number of carbonyl (C=O) groups is 1. The Hall–Kier alpha value is -2.71. The number of nitriles is 1. The number of nitrogens with one attached hydrogen (secondary N) is 2. The van der Waals surface area contributed by atoms with Crippen molar-refractivity contribution in [2.75, 3.05) is 10.6 Å². The molecule has 3 aromatic carbocycles. The lowest BCUT2D eigenvalue weighted by atomic mass is 9.91. The second-order valence-corrected chi connectivity index (χ2v) is 7.67. The lowest BCUT2D eigenvalue weighted by molar-refractivity contribution is 0.262. The summed E-state index contributed by atoms with van der Waals surface area (Å²) in [5.41, 5.74) is 3.35. The third-order valence-electron chi connectivity index (χ3n) is 4.32. The first-order valence-corrected chi connectivity index (χ1v) is 9.79. The van der Waals surface area contributed by atoms with Crippen LogP contribution in [0.3, 0.4) is 0 Å². The van der Waals surface area contributed by atoms with E-state index in [0.717, 1.165) is 11.1 Å². The van der Waals surface area contributed by atoms with Crippen molar-refractivity contribution in [1.82, 2.24) is 0 Å². The third kappa shape index (κ3) is 5.21. The number of anilines is 2. The Bertz CT molecular complexity index is 1090. The van der Waals surface area contributed by atoms with Gasteiger partial charge in [-0.2, -0.15) is 5.26 Å². The van der Waals surface area contributed by atoms with E-state index in [4.69, 9.17) is 34.8 Å². The molecule has 4 nitrogen and oxygen atoms in total. The molecule has 146 valence electrons. The number of hydrogen-bond donors (Lipinski definition) is 2. The highest BCUT2D eigenvalue weighted by atomic mass is 35.5. The van der Waals surface area contributed by atoms with E-state index in [0.29, 0.717) is 32.0 Å². The highest BCUT2D eigenvalue weighted by Gasteiger charge is 2.19. The summed E-state index contributed by atoms with van der Waals surface area (Å²) in [7, 11) is 0. The van der Waals surface area contributed by atoms with E-state index in [9.17, 15) is 10.1 Å². The molecule has 0 aromatic heterocycles. The minimum absolute atomic E-state index is 0.384. The first-order chi connectivity index (χ1) is 13.9. The van der Waals surface area contributed by atoms with Gasteiger partial charge >= 0.3 is 6.03 Å². The Morgan fingerprint density at radius 3 is 2.34 bits per heavy atom. The van der Waals surface area contributed by atoms with Crippen LogP contribution >= 0.6 is 34.8 Å². The molecule has 0 saturated heterocycles. The molecule has 0 heterocycles. The smallest absolute Gasteiger partial charge is 0.308 e. The minimum Gasteiger partial charge on any atom is -0.308 e. The maximum atomic E-state index is 12.3. The number of rotatable bonds is 4. The van der Waals surface area contributed by atoms with Gasteiger partial charge in [0.15, 0.2) is 0 Å². The van der Waals surface area contributed by atoms with Gasteiger partial charge in [0.25, 0.3) is 0 Å². The van der Waals surface area contributed by atoms with Crippen LogP contribution in [0.5, 0.6) is 0 Å². The molecule has 0 aliphatic carbocycles. The molecular weight excluding hydrogens is 429 g/mol. The molecule has 0 spiro atoms. The van der Waals surface area contributed by atoms with Gasteiger partial charge in [-0.25, -0.2) is 4.79 Å². The number of nitrogens with zero attached hydrogens (tertiary/aromatic N) is 1. The van der Waals surface area contributed by atoms with Crippen LogP contribution in [0.2, 0.25) is 15.1 Å². The number of halogens is 3. The number of amides is 2. The summed E-state index contributed by atoms with van der Waals surface area (Å²) in [5, 5.41) is 16.7. The molecule has 1 atom stereocenters. The average molecular weight is 445 g/mol. The molecule has 3 aromatic rings. The van der Waals surface area contributed by atoms with E-state index in [2.05, 4.69) is 16.7 Å². The van der Waals surface area contributed by atoms with Crippen LogP contribution in [-0.2, 0) is 0 Å². The van der Waals surface area contributed by atoms with E-state index >= 15 is 0 Å². The molecule has 0 radical (unpaired) electrons. The molecule has 0 aliphatic heterocycles. The fraction of sp³-hybridized carbons (Fsp3) is 0.0909. The largest absolute Gasteiger partial charge is 0.323 e. The van der Waals surface area contributed by atoms with Gasteiger partial charge in [-0.3, -0.25) is 0 Å². The Morgan fingerprint density at radius 2 is 1.69 bits per heavy atom. The van der Waals surface area contributed by atoms with Gasteiger partial charge < -0.3 is 10.6 Å². The second kappa shape index (κ2) is 9.19. The SMILES string of the molecule is Cc1cc([C@@H](C#N)c2ccc(Cl)cc2)c(Cl)cc1NC(=O)Nc1cccc(Cl)c1. The zero-order valence-electron chi connectivity index (χ0n) is 15.3.